The second-order valence-corrected chi connectivity index (χ2v) is 6.24. The standard InChI is InChI=1S/C20H24O5/c1-14-17(21)18(23-12-15-8-4-2-5-9-15)19(20(22)25-14)24-13-16-10-6-3-7-11-16/h2-11,14,17-22H,12-13H2,1H3/t14?,17-,18+,19?,20?/m1/s1. The van der Waals surface area contributed by atoms with Crippen LogP contribution in [0.2, 0.25) is 0 Å². The quantitative estimate of drug-likeness (QED) is 0.841. The topological polar surface area (TPSA) is 68.2 Å². The Morgan fingerprint density at radius 2 is 1.28 bits per heavy atom. The Kier molecular flexibility index (Phi) is 6.18. The summed E-state index contributed by atoms with van der Waals surface area (Å²) in [5.41, 5.74) is 1.97. The zero-order valence-electron chi connectivity index (χ0n) is 14.2. The Bertz CT molecular complexity index is 633. The van der Waals surface area contributed by atoms with Crippen molar-refractivity contribution in [1.82, 2.24) is 0 Å². The summed E-state index contributed by atoms with van der Waals surface area (Å²) < 4.78 is 17.1. The molecule has 0 spiro atoms. The highest BCUT2D eigenvalue weighted by molar-refractivity contribution is 5.14. The zero-order chi connectivity index (χ0) is 17.6. The van der Waals surface area contributed by atoms with Crippen LogP contribution in [0.5, 0.6) is 0 Å². The van der Waals surface area contributed by atoms with Crippen molar-refractivity contribution in [2.45, 2.75) is 50.8 Å². The van der Waals surface area contributed by atoms with Gasteiger partial charge in [0.1, 0.15) is 18.3 Å². The van der Waals surface area contributed by atoms with Crippen LogP contribution in [0.4, 0.5) is 0 Å². The van der Waals surface area contributed by atoms with Gasteiger partial charge in [-0.3, -0.25) is 0 Å². The largest absolute Gasteiger partial charge is 0.388 e. The molecular formula is C20H24O5. The lowest BCUT2D eigenvalue weighted by Crippen LogP contribution is -2.58. The van der Waals surface area contributed by atoms with E-state index in [1.807, 2.05) is 60.7 Å². The van der Waals surface area contributed by atoms with Gasteiger partial charge in [-0.25, -0.2) is 0 Å². The Balaban J connectivity index is 1.67. The summed E-state index contributed by atoms with van der Waals surface area (Å²) in [7, 11) is 0. The van der Waals surface area contributed by atoms with Crippen molar-refractivity contribution in [3.8, 4) is 0 Å². The lowest BCUT2D eigenvalue weighted by Gasteiger charge is -2.41. The van der Waals surface area contributed by atoms with E-state index in [0.717, 1.165) is 11.1 Å². The van der Waals surface area contributed by atoms with Crippen molar-refractivity contribution in [3.05, 3.63) is 71.8 Å². The average Bonchev–Trinajstić information content (AvgIpc) is 2.64. The highest BCUT2D eigenvalue weighted by Crippen LogP contribution is 2.26. The molecule has 1 aliphatic heterocycles. The molecule has 25 heavy (non-hydrogen) atoms. The van der Waals surface area contributed by atoms with Gasteiger partial charge in [-0.2, -0.15) is 0 Å². The van der Waals surface area contributed by atoms with Gasteiger partial charge in [-0.15, -0.1) is 0 Å². The average molecular weight is 344 g/mol. The van der Waals surface area contributed by atoms with Gasteiger partial charge in [0.15, 0.2) is 6.29 Å². The molecule has 1 fully saturated rings. The summed E-state index contributed by atoms with van der Waals surface area (Å²) in [6, 6.07) is 19.4. The number of hydrogen-bond acceptors (Lipinski definition) is 5. The van der Waals surface area contributed by atoms with E-state index in [0.29, 0.717) is 13.2 Å². The van der Waals surface area contributed by atoms with E-state index in [4.69, 9.17) is 14.2 Å². The molecule has 0 radical (unpaired) electrons. The van der Waals surface area contributed by atoms with Crippen molar-refractivity contribution in [2.24, 2.45) is 0 Å². The van der Waals surface area contributed by atoms with Crippen LogP contribution in [0.25, 0.3) is 0 Å². The number of rotatable bonds is 6. The predicted molar refractivity (Wildman–Crippen MR) is 92.6 cm³/mol. The molecule has 0 aromatic heterocycles. The van der Waals surface area contributed by atoms with Gasteiger partial charge in [0.25, 0.3) is 0 Å². The molecule has 0 amide bonds. The molecule has 2 aromatic carbocycles. The van der Waals surface area contributed by atoms with Crippen molar-refractivity contribution in [2.75, 3.05) is 0 Å². The first-order valence-corrected chi connectivity index (χ1v) is 8.48. The first-order valence-electron chi connectivity index (χ1n) is 8.48. The summed E-state index contributed by atoms with van der Waals surface area (Å²) in [5, 5.41) is 20.7. The van der Waals surface area contributed by atoms with E-state index in [9.17, 15) is 10.2 Å². The highest BCUT2D eigenvalue weighted by atomic mass is 16.7. The molecule has 5 heteroatoms. The molecule has 3 rings (SSSR count). The number of ether oxygens (including phenoxy) is 3. The molecule has 0 saturated carbocycles. The molecule has 2 N–H and O–H groups in total. The van der Waals surface area contributed by atoms with E-state index in [1.165, 1.54) is 0 Å². The lowest BCUT2D eigenvalue weighted by molar-refractivity contribution is -0.300. The Labute approximate surface area is 147 Å². The van der Waals surface area contributed by atoms with E-state index in [1.54, 1.807) is 6.92 Å². The van der Waals surface area contributed by atoms with Crippen LogP contribution in [-0.2, 0) is 27.4 Å². The van der Waals surface area contributed by atoms with Gasteiger partial charge >= 0.3 is 0 Å². The maximum absolute atomic E-state index is 10.5. The molecule has 1 aliphatic rings. The van der Waals surface area contributed by atoms with Crippen molar-refractivity contribution in [1.29, 1.82) is 0 Å². The van der Waals surface area contributed by atoms with Crippen molar-refractivity contribution < 1.29 is 24.4 Å². The van der Waals surface area contributed by atoms with Gasteiger partial charge in [0.05, 0.1) is 19.3 Å². The Morgan fingerprint density at radius 3 is 1.80 bits per heavy atom. The Hall–Kier alpha value is -1.76. The van der Waals surface area contributed by atoms with E-state index in [-0.39, 0.29) is 0 Å². The molecule has 0 aliphatic carbocycles. The SMILES string of the molecule is CC1OC(O)C(OCc2ccccc2)[C@@H](OCc2ccccc2)[C@@H]1O. The van der Waals surface area contributed by atoms with E-state index in [2.05, 4.69) is 0 Å². The summed E-state index contributed by atoms with van der Waals surface area (Å²) in [4.78, 5) is 0. The Morgan fingerprint density at radius 1 is 0.800 bits per heavy atom. The van der Waals surface area contributed by atoms with Crippen LogP contribution in [0.1, 0.15) is 18.1 Å². The van der Waals surface area contributed by atoms with E-state index >= 15 is 0 Å². The molecule has 1 saturated heterocycles. The molecule has 3 unspecified atom stereocenters. The number of aliphatic hydroxyl groups excluding tert-OH is 2. The first kappa shape index (κ1) is 18.0. The minimum absolute atomic E-state index is 0.304. The minimum atomic E-state index is -1.15. The third-order valence-electron chi connectivity index (χ3n) is 4.35. The minimum Gasteiger partial charge on any atom is -0.388 e. The summed E-state index contributed by atoms with van der Waals surface area (Å²) in [6.07, 6.45) is -4.01. The fraction of sp³-hybridized carbons (Fsp3) is 0.400. The summed E-state index contributed by atoms with van der Waals surface area (Å²) in [5.74, 6) is 0. The second kappa shape index (κ2) is 8.56. The fourth-order valence-corrected chi connectivity index (χ4v) is 2.91. The van der Waals surface area contributed by atoms with Gasteiger partial charge < -0.3 is 24.4 Å². The van der Waals surface area contributed by atoms with Crippen molar-refractivity contribution >= 4 is 0 Å². The van der Waals surface area contributed by atoms with Crippen molar-refractivity contribution in [3.63, 3.8) is 0 Å². The van der Waals surface area contributed by atoms with Crippen LogP contribution in [-0.4, -0.2) is 40.9 Å². The normalized spacial score (nSPS) is 29.5. The van der Waals surface area contributed by atoms with Crippen LogP contribution in [0.15, 0.2) is 60.7 Å². The third kappa shape index (κ3) is 4.66. The molecular weight excluding hydrogens is 320 g/mol. The monoisotopic (exact) mass is 344 g/mol. The zero-order valence-corrected chi connectivity index (χ0v) is 14.2. The van der Waals surface area contributed by atoms with Crippen LogP contribution < -0.4 is 0 Å². The van der Waals surface area contributed by atoms with Gasteiger partial charge in [-0.05, 0) is 18.1 Å². The van der Waals surface area contributed by atoms with Crippen LogP contribution in [0.3, 0.4) is 0 Å². The lowest BCUT2D eigenvalue weighted by atomic mass is 9.99. The first-order chi connectivity index (χ1) is 12.1. The number of benzene rings is 2. The molecule has 2 aromatic rings. The van der Waals surface area contributed by atoms with Gasteiger partial charge in [0, 0.05) is 0 Å². The molecule has 1 heterocycles. The molecule has 5 atom stereocenters. The highest BCUT2D eigenvalue weighted by Gasteiger charge is 2.44. The van der Waals surface area contributed by atoms with Crippen LogP contribution >= 0.6 is 0 Å². The smallest absolute Gasteiger partial charge is 0.184 e. The summed E-state index contributed by atoms with van der Waals surface area (Å²) in [6.45, 7) is 2.34. The summed E-state index contributed by atoms with van der Waals surface area (Å²) >= 11 is 0. The van der Waals surface area contributed by atoms with Gasteiger partial charge in [0.2, 0.25) is 0 Å². The van der Waals surface area contributed by atoms with E-state index < -0.39 is 30.7 Å². The maximum atomic E-state index is 10.5. The maximum Gasteiger partial charge on any atom is 0.184 e. The molecule has 5 nitrogen and oxygen atoms in total. The second-order valence-electron chi connectivity index (χ2n) is 6.24. The molecule has 134 valence electrons. The van der Waals surface area contributed by atoms with Crippen LogP contribution in [0, 0.1) is 0 Å². The number of hydrogen-bond donors (Lipinski definition) is 2. The third-order valence-corrected chi connectivity index (χ3v) is 4.35. The fourth-order valence-electron chi connectivity index (χ4n) is 2.91. The predicted octanol–water partition coefficient (Wildman–Crippen LogP) is 2.26. The number of aliphatic hydroxyl groups is 2. The van der Waals surface area contributed by atoms with Gasteiger partial charge in [-0.1, -0.05) is 60.7 Å². The molecule has 0 bridgehead atoms.